The Hall–Kier alpha value is -3.02. The number of nitrogens with one attached hydrogen (secondary N) is 1. The third-order valence-electron chi connectivity index (χ3n) is 3.46. The molecule has 0 saturated heterocycles. The minimum Gasteiger partial charge on any atom is -0.366 e. The molecule has 0 bridgehead atoms. The number of aliphatic imine (C=N–C) groups is 1. The number of carbonyl (C=O) groups is 1. The summed E-state index contributed by atoms with van der Waals surface area (Å²) in [6.07, 6.45) is 9.02. The molecule has 1 aliphatic heterocycles. The van der Waals surface area contributed by atoms with Gasteiger partial charge < -0.3 is 11.1 Å². The fraction of sp³-hybridized carbons (Fsp3) is 0.125. The highest BCUT2D eigenvalue weighted by Gasteiger charge is 2.35. The van der Waals surface area contributed by atoms with Crippen molar-refractivity contribution in [1.82, 2.24) is 15.3 Å². The van der Waals surface area contributed by atoms with Gasteiger partial charge in [-0.15, -0.1) is 0 Å². The molecular formula is C16H15N5O. The van der Waals surface area contributed by atoms with E-state index in [9.17, 15) is 4.79 Å². The molecule has 3 rings (SSSR count). The van der Waals surface area contributed by atoms with Crippen LogP contribution in [-0.2, 0) is 12.1 Å². The molecule has 6 nitrogen and oxygen atoms in total. The Morgan fingerprint density at radius 3 is 2.64 bits per heavy atom. The zero-order chi connectivity index (χ0) is 15.4. The Morgan fingerprint density at radius 1 is 1.18 bits per heavy atom. The Kier molecular flexibility index (Phi) is 3.65. The van der Waals surface area contributed by atoms with Crippen molar-refractivity contribution in [2.24, 2.45) is 10.7 Å². The molecule has 1 aliphatic rings. The minimum absolute atomic E-state index is 0.414. The second kappa shape index (κ2) is 5.77. The second-order valence-corrected chi connectivity index (χ2v) is 4.91. The summed E-state index contributed by atoms with van der Waals surface area (Å²) in [4.78, 5) is 24.8. The summed E-state index contributed by atoms with van der Waals surface area (Å²) in [7, 11) is 0. The van der Waals surface area contributed by atoms with Crippen molar-refractivity contribution in [1.29, 1.82) is 0 Å². The SMILES string of the molecule is NC(=O)c1ccccc1CC1(c2ncccn2)N=CC=CN1. The number of aromatic nitrogens is 2. The van der Waals surface area contributed by atoms with E-state index in [0.29, 0.717) is 17.8 Å². The van der Waals surface area contributed by atoms with Crippen LogP contribution in [0.5, 0.6) is 0 Å². The molecule has 3 N–H and O–H groups in total. The van der Waals surface area contributed by atoms with Crippen LogP contribution in [0.1, 0.15) is 21.7 Å². The van der Waals surface area contributed by atoms with E-state index >= 15 is 0 Å². The number of nitrogens with two attached hydrogens (primary N) is 1. The van der Waals surface area contributed by atoms with Crippen molar-refractivity contribution in [3.8, 4) is 0 Å². The number of benzene rings is 1. The molecule has 1 unspecified atom stereocenters. The molecule has 0 fully saturated rings. The molecule has 110 valence electrons. The highest BCUT2D eigenvalue weighted by molar-refractivity contribution is 5.94. The first kappa shape index (κ1) is 13.9. The van der Waals surface area contributed by atoms with Crippen LogP contribution in [0.3, 0.4) is 0 Å². The lowest BCUT2D eigenvalue weighted by Crippen LogP contribution is -2.43. The maximum Gasteiger partial charge on any atom is 0.248 e. The Morgan fingerprint density at radius 2 is 1.95 bits per heavy atom. The molecule has 0 radical (unpaired) electrons. The summed E-state index contributed by atoms with van der Waals surface area (Å²) in [5, 5.41) is 3.21. The summed E-state index contributed by atoms with van der Waals surface area (Å²) in [5.41, 5.74) is 5.88. The van der Waals surface area contributed by atoms with Crippen molar-refractivity contribution >= 4 is 12.1 Å². The molecule has 1 aromatic carbocycles. The largest absolute Gasteiger partial charge is 0.366 e. The average molecular weight is 293 g/mol. The lowest BCUT2D eigenvalue weighted by atomic mass is 9.94. The molecule has 1 atom stereocenters. The molecule has 2 heterocycles. The zero-order valence-electron chi connectivity index (χ0n) is 11.8. The van der Waals surface area contributed by atoms with E-state index < -0.39 is 11.6 Å². The van der Waals surface area contributed by atoms with Crippen molar-refractivity contribution in [3.05, 3.63) is 72.0 Å². The lowest BCUT2D eigenvalue weighted by molar-refractivity contribution is 0.0999. The van der Waals surface area contributed by atoms with Crippen LogP contribution < -0.4 is 11.1 Å². The van der Waals surface area contributed by atoms with Gasteiger partial charge in [-0.2, -0.15) is 0 Å². The molecule has 1 amide bonds. The first-order chi connectivity index (χ1) is 10.7. The van der Waals surface area contributed by atoms with Gasteiger partial charge in [-0.3, -0.25) is 9.79 Å². The van der Waals surface area contributed by atoms with Crippen LogP contribution >= 0.6 is 0 Å². The van der Waals surface area contributed by atoms with Crippen LogP contribution in [0.25, 0.3) is 0 Å². The minimum atomic E-state index is -0.846. The summed E-state index contributed by atoms with van der Waals surface area (Å²) in [5.74, 6) is 0.0740. The number of hydrogen-bond donors (Lipinski definition) is 2. The third-order valence-corrected chi connectivity index (χ3v) is 3.46. The molecular weight excluding hydrogens is 278 g/mol. The lowest BCUT2D eigenvalue weighted by Gasteiger charge is -2.30. The molecule has 22 heavy (non-hydrogen) atoms. The maximum atomic E-state index is 11.6. The van der Waals surface area contributed by atoms with Gasteiger partial charge in [0.2, 0.25) is 5.91 Å². The van der Waals surface area contributed by atoms with E-state index in [2.05, 4.69) is 20.3 Å². The predicted molar refractivity (Wildman–Crippen MR) is 83.1 cm³/mol. The number of amides is 1. The second-order valence-electron chi connectivity index (χ2n) is 4.91. The highest BCUT2D eigenvalue weighted by atomic mass is 16.1. The van der Waals surface area contributed by atoms with Crippen LogP contribution in [0.15, 0.2) is 60.0 Å². The Balaban J connectivity index is 2.05. The summed E-state index contributed by atoms with van der Waals surface area (Å²) < 4.78 is 0. The van der Waals surface area contributed by atoms with Crippen LogP contribution in [0, 0.1) is 0 Å². The van der Waals surface area contributed by atoms with E-state index in [4.69, 9.17) is 5.73 Å². The highest BCUT2D eigenvalue weighted by Crippen LogP contribution is 2.27. The van der Waals surface area contributed by atoms with Gasteiger partial charge in [0.05, 0.1) is 0 Å². The average Bonchev–Trinajstić information content (AvgIpc) is 2.57. The van der Waals surface area contributed by atoms with Gasteiger partial charge in [-0.05, 0) is 23.8 Å². The van der Waals surface area contributed by atoms with Gasteiger partial charge in [-0.25, -0.2) is 9.97 Å². The molecule has 1 aromatic heterocycles. The molecule has 6 heteroatoms. The maximum absolute atomic E-state index is 11.6. The Bertz CT molecular complexity index is 741. The number of carbonyl (C=O) groups excluding carboxylic acids is 1. The van der Waals surface area contributed by atoms with Crippen LogP contribution in [0.4, 0.5) is 0 Å². The first-order valence-corrected chi connectivity index (χ1v) is 6.84. The van der Waals surface area contributed by atoms with Gasteiger partial charge >= 0.3 is 0 Å². The van der Waals surface area contributed by atoms with E-state index in [0.717, 1.165) is 5.56 Å². The molecule has 0 saturated carbocycles. The summed E-state index contributed by atoms with van der Waals surface area (Å²) in [6, 6.07) is 8.97. The summed E-state index contributed by atoms with van der Waals surface area (Å²) >= 11 is 0. The van der Waals surface area contributed by atoms with Crippen molar-refractivity contribution < 1.29 is 4.79 Å². The Labute approximate surface area is 127 Å². The van der Waals surface area contributed by atoms with Gasteiger partial charge in [0.15, 0.2) is 11.5 Å². The van der Waals surface area contributed by atoms with Crippen molar-refractivity contribution in [2.45, 2.75) is 12.1 Å². The van der Waals surface area contributed by atoms with E-state index in [1.807, 2.05) is 12.1 Å². The first-order valence-electron chi connectivity index (χ1n) is 6.84. The van der Waals surface area contributed by atoms with Gasteiger partial charge in [0.1, 0.15) is 0 Å². The number of nitrogens with zero attached hydrogens (tertiary/aromatic N) is 3. The normalized spacial score (nSPS) is 19.6. The molecule has 0 aliphatic carbocycles. The number of rotatable bonds is 4. The number of hydrogen-bond acceptors (Lipinski definition) is 5. The van der Waals surface area contributed by atoms with Crippen molar-refractivity contribution in [3.63, 3.8) is 0 Å². The van der Waals surface area contributed by atoms with E-state index in [-0.39, 0.29) is 0 Å². The quantitative estimate of drug-likeness (QED) is 0.884. The zero-order valence-corrected chi connectivity index (χ0v) is 11.8. The number of primary amides is 1. The monoisotopic (exact) mass is 293 g/mol. The predicted octanol–water partition coefficient (Wildman–Crippen LogP) is 1.16. The van der Waals surface area contributed by atoms with Gasteiger partial charge in [0.25, 0.3) is 0 Å². The van der Waals surface area contributed by atoms with E-state index in [1.54, 1.807) is 49.1 Å². The standard InChI is InChI=1S/C16H15N5O/c17-14(22)13-6-2-1-5-12(13)11-16(20-9-4-10-21-16)15-18-7-3-8-19-15/h1-10,20H,11H2,(H2,17,22). The number of allylic oxidation sites excluding steroid dienone is 1. The van der Waals surface area contributed by atoms with Gasteiger partial charge in [-0.1, -0.05) is 18.2 Å². The van der Waals surface area contributed by atoms with Crippen molar-refractivity contribution in [2.75, 3.05) is 0 Å². The van der Waals surface area contributed by atoms with Crippen LogP contribution in [0.2, 0.25) is 0 Å². The third kappa shape index (κ3) is 2.58. The van der Waals surface area contributed by atoms with E-state index in [1.165, 1.54) is 0 Å². The fourth-order valence-electron chi connectivity index (χ4n) is 2.44. The molecule has 0 spiro atoms. The topological polar surface area (TPSA) is 93.3 Å². The van der Waals surface area contributed by atoms with Crippen LogP contribution in [-0.4, -0.2) is 22.1 Å². The smallest absolute Gasteiger partial charge is 0.248 e. The summed E-state index contributed by atoms with van der Waals surface area (Å²) in [6.45, 7) is 0. The fourth-order valence-corrected chi connectivity index (χ4v) is 2.44. The van der Waals surface area contributed by atoms with Gasteiger partial charge in [0, 0.05) is 36.8 Å². The molecule has 2 aromatic rings.